The van der Waals surface area contributed by atoms with E-state index >= 15 is 0 Å². The van der Waals surface area contributed by atoms with Gasteiger partial charge >= 0.3 is 0 Å². The quantitative estimate of drug-likeness (QED) is 0.919. The number of imidazole rings is 1. The SMILES string of the molecule is NS(=O)(=O)c1cn(Cc2ccc(Br)cc2Cl)cn1. The first-order chi connectivity index (χ1) is 8.36. The van der Waals surface area contributed by atoms with Crippen LogP contribution in [0.5, 0.6) is 0 Å². The van der Waals surface area contributed by atoms with E-state index in [1.54, 1.807) is 10.6 Å². The van der Waals surface area contributed by atoms with Gasteiger partial charge in [-0.1, -0.05) is 33.6 Å². The van der Waals surface area contributed by atoms with Crippen LogP contribution in [0.4, 0.5) is 0 Å². The molecule has 2 aromatic rings. The second-order valence-corrected chi connectivity index (χ2v) is 6.50. The van der Waals surface area contributed by atoms with Gasteiger partial charge in [-0.05, 0) is 17.7 Å². The van der Waals surface area contributed by atoms with Crippen LogP contribution in [0.3, 0.4) is 0 Å². The molecule has 1 aromatic carbocycles. The summed E-state index contributed by atoms with van der Waals surface area (Å²) in [6.45, 7) is 0.425. The first-order valence-corrected chi connectivity index (χ1v) is 7.56. The van der Waals surface area contributed by atoms with Gasteiger partial charge in [0.05, 0.1) is 12.9 Å². The minimum atomic E-state index is -3.76. The van der Waals surface area contributed by atoms with Crippen LogP contribution in [0.2, 0.25) is 5.02 Å². The molecule has 0 aliphatic heterocycles. The maximum absolute atomic E-state index is 11.1. The molecule has 0 aliphatic carbocycles. The molecule has 1 heterocycles. The predicted molar refractivity (Wildman–Crippen MR) is 71.9 cm³/mol. The Balaban J connectivity index is 2.27. The van der Waals surface area contributed by atoms with Crippen LogP contribution in [0, 0.1) is 0 Å². The molecule has 0 bridgehead atoms. The molecular weight excluding hydrogens is 342 g/mol. The molecule has 0 amide bonds. The Morgan fingerprint density at radius 1 is 1.44 bits per heavy atom. The average Bonchev–Trinajstić information content (AvgIpc) is 2.70. The monoisotopic (exact) mass is 349 g/mol. The Bertz CT molecular complexity index is 684. The maximum Gasteiger partial charge on any atom is 0.257 e. The molecule has 0 spiro atoms. The van der Waals surface area contributed by atoms with Crippen molar-refractivity contribution in [2.24, 2.45) is 5.14 Å². The highest BCUT2D eigenvalue weighted by atomic mass is 79.9. The number of halogens is 2. The van der Waals surface area contributed by atoms with Crippen molar-refractivity contribution >= 4 is 37.6 Å². The average molecular weight is 351 g/mol. The number of nitrogens with zero attached hydrogens (tertiary/aromatic N) is 2. The van der Waals surface area contributed by atoms with Crippen molar-refractivity contribution in [1.29, 1.82) is 0 Å². The zero-order valence-corrected chi connectivity index (χ0v) is 12.2. The van der Waals surface area contributed by atoms with Crippen molar-refractivity contribution in [3.63, 3.8) is 0 Å². The van der Waals surface area contributed by atoms with E-state index in [1.165, 1.54) is 12.5 Å². The highest BCUT2D eigenvalue weighted by molar-refractivity contribution is 9.10. The number of rotatable bonds is 3. The molecule has 0 saturated carbocycles. The third-order valence-corrected chi connectivity index (χ3v) is 3.91. The van der Waals surface area contributed by atoms with E-state index < -0.39 is 10.0 Å². The zero-order chi connectivity index (χ0) is 13.3. The Hall–Kier alpha value is -0.890. The van der Waals surface area contributed by atoms with Crippen LogP contribution in [0.15, 0.2) is 40.2 Å². The van der Waals surface area contributed by atoms with Gasteiger partial charge in [0.25, 0.3) is 10.0 Å². The lowest BCUT2D eigenvalue weighted by atomic mass is 10.2. The van der Waals surface area contributed by atoms with E-state index in [0.29, 0.717) is 11.6 Å². The molecule has 18 heavy (non-hydrogen) atoms. The number of hydrogen-bond acceptors (Lipinski definition) is 3. The fraction of sp³-hybridized carbons (Fsp3) is 0.100. The zero-order valence-electron chi connectivity index (χ0n) is 9.05. The van der Waals surface area contributed by atoms with E-state index in [2.05, 4.69) is 20.9 Å². The summed E-state index contributed by atoms with van der Waals surface area (Å²) in [5, 5.41) is 5.41. The van der Waals surface area contributed by atoms with E-state index in [1.807, 2.05) is 12.1 Å². The summed E-state index contributed by atoms with van der Waals surface area (Å²) in [7, 11) is -3.76. The first kappa shape index (κ1) is 13.5. The van der Waals surface area contributed by atoms with Crippen molar-refractivity contribution < 1.29 is 8.42 Å². The molecule has 2 rings (SSSR count). The van der Waals surface area contributed by atoms with Gasteiger partial charge in [-0.2, -0.15) is 0 Å². The number of hydrogen-bond donors (Lipinski definition) is 1. The van der Waals surface area contributed by atoms with E-state index in [9.17, 15) is 8.42 Å². The summed E-state index contributed by atoms with van der Waals surface area (Å²) in [6.07, 6.45) is 2.77. The Morgan fingerprint density at radius 3 is 2.72 bits per heavy atom. The van der Waals surface area contributed by atoms with Crippen LogP contribution >= 0.6 is 27.5 Å². The molecule has 0 atom stereocenters. The third-order valence-electron chi connectivity index (χ3n) is 2.27. The molecule has 1 aromatic heterocycles. The topological polar surface area (TPSA) is 78.0 Å². The van der Waals surface area contributed by atoms with Gasteiger partial charge in [-0.3, -0.25) is 0 Å². The lowest BCUT2D eigenvalue weighted by molar-refractivity contribution is 0.594. The number of nitrogens with two attached hydrogens (primary N) is 1. The smallest absolute Gasteiger partial charge is 0.257 e. The molecule has 5 nitrogen and oxygen atoms in total. The van der Waals surface area contributed by atoms with Crippen LogP contribution in [-0.2, 0) is 16.6 Å². The number of primary sulfonamides is 1. The van der Waals surface area contributed by atoms with Gasteiger partial charge in [-0.15, -0.1) is 0 Å². The van der Waals surface area contributed by atoms with Crippen molar-refractivity contribution in [3.8, 4) is 0 Å². The maximum atomic E-state index is 11.1. The largest absolute Gasteiger partial charge is 0.332 e. The summed E-state index contributed by atoms with van der Waals surface area (Å²) in [5.41, 5.74) is 0.859. The molecule has 8 heteroatoms. The first-order valence-electron chi connectivity index (χ1n) is 4.85. The Morgan fingerprint density at radius 2 is 2.17 bits per heavy atom. The van der Waals surface area contributed by atoms with Crippen molar-refractivity contribution in [2.75, 3.05) is 0 Å². The van der Waals surface area contributed by atoms with Crippen LogP contribution in [0.1, 0.15) is 5.56 Å². The van der Waals surface area contributed by atoms with E-state index in [0.717, 1.165) is 10.0 Å². The van der Waals surface area contributed by atoms with Crippen molar-refractivity contribution in [1.82, 2.24) is 9.55 Å². The second kappa shape index (κ2) is 5.00. The third kappa shape index (κ3) is 3.11. The van der Waals surface area contributed by atoms with Gasteiger partial charge in [0.1, 0.15) is 0 Å². The van der Waals surface area contributed by atoms with Crippen LogP contribution < -0.4 is 5.14 Å². The van der Waals surface area contributed by atoms with E-state index in [4.69, 9.17) is 16.7 Å². The molecule has 0 aliphatic rings. The lowest BCUT2D eigenvalue weighted by Gasteiger charge is -2.05. The summed E-state index contributed by atoms with van der Waals surface area (Å²) in [5.74, 6) is 0. The number of sulfonamides is 1. The highest BCUT2D eigenvalue weighted by Crippen LogP contribution is 2.22. The summed E-state index contributed by atoms with van der Waals surface area (Å²) < 4.78 is 24.6. The summed E-state index contributed by atoms with van der Waals surface area (Å²) in [4.78, 5) is 3.73. The van der Waals surface area contributed by atoms with Gasteiger partial charge in [0.15, 0.2) is 5.03 Å². The van der Waals surface area contributed by atoms with Crippen molar-refractivity contribution in [2.45, 2.75) is 11.6 Å². The van der Waals surface area contributed by atoms with Crippen molar-refractivity contribution in [3.05, 3.63) is 45.8 Å². The molecule has 96 valence electrons. The molecule has 0 unspecified atom stereocenters. The van der Waals surface area contributed by atoms with Gasteiger partial charge in [-0.25, -0.2) is 18.5 Å². The Labute approximate surface area is 118 Å². The standard InChI is InChI=1S/C10H9BrClN3O2S/c11-8-2-1-7(9(12)3-8)4-15-5-10(14-6-15)18(13,16)17/h1-3,5-6H,4H2,(H2,13,16,17). The summed E-state index contributed by atoms with van der Waals surface area (Å²) >= 11 is 9.38. The molecule has 0 fully saturated rings. The number of aromatic nitrogens is 2. The fourth-order valence-electron chi connectivity index (χ4n) is 1.42. The predicted octanol–water partition coefficient (Wildman–Crippen LogP) is 1.99. The highest BCUT2D eigenvalue weighted by Gasteiger charge is 2.11. The van der Waals surface area contributed by atoms with Gasteiger partial charge in [0.2, 0.25) is 0 Å². The molecule has 0 saturated heterocycles. The normalized spacial score (nSPS) is 11.7. The fourth-order valence-corrected chi connectivity index (χ4v) is 2.63. The van der Waals surface area contributed by atoms with Crippen LogP contribution in [0.25, 0.3) is 0 Å². The van der Waals surface area contributed by atoms with E-state index in [-0.39, 0.29) is 5.03 Å². The number of benzene rings is 1. The lowest BCUT2D eigenvalue weighted by Crippen LogP contribution is -2.12. The minimum absolute atomic E-state index is 0.157. The second-order valence-electron chi connectivity index (χ2n) is 3.66. The summed E-state index contributed by atoms with van der Waals surface area (Å²) in [6, 6.07) is 5.48. The molecular formula is C10H9BrClN3O2S. The van der Waals surface area contributed by atoms with Gasteiger partial charge in [0, 0.05) is 15.7 Å². The van der Waals surface area contributed by atoms with Gasteiger partial charge < -0.3 is 4.57 Å². The Kier molecular flexibility index (Phi) is 3.76. The molecule has 0 radical (unpaired) electrons. The van der Waals surface area contributed by atoms with Crippen LogP contribution in [-0.4, -0.2) is 18.0 Å². The molecule has 2 N–H and O–H groups in total. The minimum Gasteiger partial charge on any atom is -0.332 e.